The Kier molecular flexibility index (Phi) is 5.79. The number of aromatic nitrogens is 1. The molecule has 3 N–H and O–H groups in total. The predicted molar refractivity (Wildman–Crippen MR) is 110 cm³/mol. The molecule has 0 spiro atoms. The number of amides is 1. The quantitative estimate of drug-likeness (QED) is 0.589. The average molecular weight is 409 g/mol. The lowest BCUT2D eigenvalue weighted by atomic mass is 10.0. The number of nitrogens with one attached hydrogen (secondary N) is 1. The number of aryl methyl sites for hydroxylation is 2. The van der Waals surface area contributed by atoms with E-state index in [0.29, 0.717) is 16.9 Å². The maximum absolute atomic E-state index is 12.9. The predicted octanol–water partition coefficient (Wildman–Crippen LogP) is 4.95. The van der Waals surface area contributed by atoms with Crippen LogP contribution in [0.25, 0.3) is 0 Å². The van der Waals surface area contributed by atoms with Crippen molar-refractivity contribution in [2.45, 2.75) is 20.0 Å². The van der Waals surface area contributed by atoms with Gasteiger partial charge in [0.05, 0.1) is 5.56 Å². The van der Waals surface area contributed by atoms with Crippen LogP contribution in [-0.4, -0.2) is 10.9 Å². The zero-order chi connectivity index (χ0) is 21.9. The third-order valence-electron chi connectivity index (χ3n) is 4.41. The van der Waals surface area contributed by atoms with Gasteiger partial charge in [-0.2, -0.15) is 13.2 Å². The van der Waals surface area contributed by atoms with Crippen molar-refractivity contribution in [2.24, 2.45) is 0 Å². The maximum Gasteiger partial charge on any atom is 0.416 e. The number of nitrogen functional groups attached to an aromatic ring is 1. The van der Waals surface area contributed by atoms with Crippen molar-refractivity contribution in [3.8, 4) is 11.8 Å². The van der Waals surface area contributed by atoms with Crippen LogP contribution in [0.4, 0.5) is 24.7 Å². The number of hydrogen-bond donors (Lipinski definition) is 2. The number of hydrogen-bond acceptors (Lipinski definition) is 3. The van der Waals surface area contributed by atoms with Crippen molar-refractivity contribution >= 4 is 17.4 Å². The number of carbonyl (C=O) groups is 1. The van der Waals surface area contributed by atoms with E-state index in [2.05, 4.69) is 22.1 Å². The van der Waals surface area contributed by atoms with E-state index >= 15 is 0 Å². The van der Waals surface area contributed by atoms with Crippen LogP contribution in [0.2, 0.25) is 0 Å². The summed E-state index contributed by atoms with van der Waals surface area (Å²) in [7, 11) is 0. The van der Waals surface area contributed by atoms with E-state index in [-0.39, 0.29) is 11.3 Å². The second-order valence-corrected chi connectivity index (χ2v) is 6.74. The number of benzene rings is 2. The number of pyridine rings is 1. The minimum Gasteiger partial charge on any atom is -0.383 e. The van der Waals surface area contributed by atoms with Crippen molar-refractivity contribution in [3.63, 3.8) is 0 Å². The molecular weight excluding hydrogens is 391 g/mol. The molecule has 1 aromatic heterocycles. The molecule has 0 atom stereocenters. The molecular formula is C23H18F3N3O. The monoisotopic (exact) mass is 409 g/mol. The van der Waals surface area contributed by atoms with Crippen LogP contribution in [0.5, 0.6) is 0 Å². The first-order valence-corrected chi connectivity index (χ1v) is 8.97. The Hall–Kier alpha value is -3.79. The number of carbonyl (C=O) groups excluding carboxylic acids is 1. The Morgan fingerprint density at radius 1 is 1.03 bits per heavy atom. The summed E-state index contributed by atoms with van der Waals surface area (Å²) in [6.07, 6.45) is -2.92. The van der Waals surface area contributed by atoms with Gasteiger partial charge in [-0.25, -0.2) is 4.98 Å². The first-order chi connectivity index (χ1) is 14.1. The highest BCUT2D eigenvalue weighted by atomic mass is 19.4. The van der Waals surface area contributed by atoms with Gasteiger partial charge >= 0.3 is 6.18 Å². The van der Waals surface area contributed by atoms with Crippen LogP contribution >= 0.6 is 0 Å². The van der Waals surface area contributed by atoms with Gasteiger partial charge in [-0.15, -0.1) is 0 Å². The third kappa shape index (κ3) is 4.97. The van der Waals surface area contributed by atoms with Crippen LogP contribution in [0.15, 0.2) is 54.7 Å². The average Bonchev–Trinajstić information content (AvgIpc) is 2.69. The fraction of sp³-hybridized carbons (Fsp3) is 0.130. The molecule has 0 aliphatic rings. The molecule has 0 radical (unpaired) electrons. The Labute approximate surface area is 172 Å². The molecule has 0 aliphatic heterocycles. The summed E-state index contributed by atoms with van der Waals surface area (Å²) >= 11 is 0. The normalized spacial score (nSPS) is 10.8. The summed E-state index contributed by atoms with van der Waals surface area (Å²) in [5, 5.41) is 2.49. The number of anilines is 2. The van der Waals surface area contributed by atoms with E-state index in [0.717, 1.165) is 23.3 Å². The van der Waals surface area contributed by atoms with E-state index in [9.17, 15) is 18.0 Å². The highest BCUT2D eigenvalue weighted by molar-refractivity contribution is 6.04. The molecule has 0 bridgehead atoms. The number of halogens is 3. The first-order valence-electron chi connectivity index (χ1n) is 8.97. The molecule has 7 heteroatoms. The molecule has 3 aromatic rings. The molecule has 0 aliphatic carbocycles. The largest absolute Gasteiger partial charge is 0.416 e. The molecule has 4 nitrogen and oxygen atoms in total. The van der Waals surface area contributed by atoms with Gasteiger partial charge in [-0.05, 0) is 61.4 Å². The van der Waals surface area contributed by atoms with Gasteiger partial charge in [0, 0.05) is 28.6 Å². The smallest absolute Gasteiger partial charge is 0.383 e. The fourth-order valence-electron chi connectivity index (χ4n) is 2.67. The number of nitrogens with two attached hydrogens (primary N) is 1. The van der Waals surface area contributed by atoms with Gasteiger partial charge in [0.1, 0.15) is 5.82 Å². The summed E-state index contributed by atoms with van der Waals surface area (Å²) in [5.41, 5.74) is 8.20. The molecule has 2 aromatic carbocycles. The molecule has 0 saturated carbocycles. The second kappa shape index (κ2) is 8.29. The minimum atomic E-state index is -4.48. The van der Waals surface area contributed by atoms with Gasteiger partial charge in [0.25, 0.3) is 5.91 Å². The summed E-state index contributed by atoms with van der Waals surface area (Å²) in [5.74, 6) is 5.90. The molecule has 0 saturated heterocycles. The number of nitrogens with zero attached hydrogens (tertiary/aromatic N) is 1. The number of alkyl halides is 3. The van der Waals surface area contributed by atoms with Crippen LogP contribution in [-0.2, 0) is 6.18 Å². The van der Waals surface area contributed by atoms with E-state index in [4.69, 9.17) is 5.73 Å². The molecule has 0 unspecified atom stereocenters. The lowest BCUT2D eigenvalue weighted by Crippen LogP contribution is -2.13. The van der Waals surface area contributed by atoms with Crippen molar-refractivity contribution in [1.29, 1.82) is 0 Å². The Morgan fingerprint density at radius 2 is 1.80 bits per heavy atom. The zero-order valence-electron chi connectivity index (χ0n) is 16.3. The van der Waals surface area contributed by atoms with Gasteiger partial charge in [-0.1, -0.05) is 24.0 Å². The maximum atomic E-state index is 12.9. The van der Waals surface area contributed by atoms with Crippen LogP contribution in [0.1, 0.15) is 38.2 Å². The van der Waals surface area contributed by atoms with Crippen molar-refractivity contribution in [3.05, 3.63) is 88.1 Å². The van der Waals surface area contributed by atoms with Crippen LogP contribution in [0, 0.1) is 25.7 Å². The highest BCUT2D eigenvalue weighted by Gasteiger charge is 2.30. The third-order valence-corrected chi connectivity index (χ3v) is 4.41. The topological polar surface area (TPSA) is 68.0 Å². The minimum absolute atomic E-state index is 0.0615. The Bertz CT molecular complexity index is 1170. The van der Waals surface area contributed by atoms with Crippen molar-refractivity contribution in [1.82, 2.24) is 4.98 Å². The first kappa shape index (κ1) is 20.9. The summed E-state index contributed by atoms with van der Waals surface area (Å²) in [4.78, 5) is 16.6. The highest BCUT2D eigenvalue weighted by Crippen LogP contribution is 2.30. The Balaban J connectivity index is 1.84. The SMILES string of the molecule is Cc1ccc(C(=O)Nc2cccc(C(F)(F)F)c2)cc1C#Cc1cnc(N)c(C)c1. The van der Waals surface area contributed by atoms with Crippen molar-refractivity contribution in [2.75, 3.05) is 11.1 Å². The van der Waals surface area contributed by atoms with Crippen molar-refractivity contribution < 1.29 is 18.0 Å². The van der Waals surface area contributed by atoms with Gasteiger partial charge < -0.3 is 11.1 Å². The second-order valence-electron chi connectivity index (χ2n) is 6.74. The Morgan fingerprint density at radius 3 is 2.50 bits per heavy atom. The molecule has 30 heavy (non-hydrogen) atoms. The molecule has 0 fully saturated rings. The van der Waals surface area contributed by atoms with E-state index in [1.165, 1.54) is 12.1 Å². The van der Waals surface area contributed by atoms with Crippen LogP contribution < -0.4 is 11.1 Å². The van der Waals surface area contributed by atoms with Gasteiger partial charge in [0.15, 0.2) is 0 Å². The molecule has 3 rings (SSSR count). The van der Waals surface area contributed by atoms with E-state index in [1.54, 1.807) is 24.4 Å². The fourth-order valence-corrected chi connectivity index (χ4v) is 2.67. The van der Waals surface area contributed by atoms with Gasteiger partial charge in [-0.3, -0.25) is 4.79 Å². The molecule has 152 valence electrons. The standard InChI is InChI=1S/C23H18F3N3O/c1-14-6-8-18(11-17(14)9-7-16-10-15(2)21(27)28-13-16)22(30)29-20-5-3-4-19(12-20)23(24,25)26/h3-6,8,10-13H,1-2H3,(H2,27,28)(H,29,30). The summed E-state index contributed by atoms with van der Waals surface area (Å²) < 4.78 is 38.6. The van der Waals surface area contributed by atoms with E-state index in [1.807, 2.05) is 19.9 Å². The summed E-state index contributed by atoms with van der Waals surface area (Å²) in [6, 6.07) is 11.2. The summed E-state index contributed by atoms with van der Waals surface area (Å²) in [6.45, 7) is 3.68. The zero-order valence-corrected chi connectivity index (χ0v) is 16.3. The lowest BCUT2D eigenvalue weighted by molar-refractivity contribution is -0.137. The lowest BCUT2D eigenvalue weighted by Gasteiger charge is -2.10. The van der Waals surface area contributed by atoms with Gasteiger partial charge in [0.2, 0.25) is 0 Å². The molecule has 1 heterocycles. The molecule has 1 amide bonds. The van der Waals surface area contributed by atoms with Crippen LogP contribution in [0.3, 0.4) is 0 Å². The number of rotatable bonds is 2. The van der Waals surface area contributed by atoms with E-state index < -0.39 is 17.6 Å².